The zero-order valence-corrected chi connectivity index (χ0v) is 13.2. The van der Waals surface area contributed by atoms with E-state index in [-0.39, 0.29) is 11.2 Å². The molecule has 2 aromatic rings. The first-order valence-corrected chi connectivity index (χ1v) is 7.70. The lowest BCUT2D eigenvalue weighted by atomic mass is 9.92. The van der Waals surface area contributed by atoms with Gasteiger partial charge >= 0.3 is 0 Å². The Morgan fingerprint density at radius 1 is 1.18 bits per heavy atom. The Hall–Kier alpha value is -1.49. The molecule has 0 saturated heterocycles. The number of carbonyl (C=O) groups is 1. The molecule has 114 valence electrons. The molecule has 3 rings (SSSR count). The van der Waals surface area contributed by atoms with E-state index < -0.39 is 6.61 Å². The third kappa shape index (κ3) is 3.00. The van der Waals surface area contributed by atoms with Gasteiger partial charge in [0.25, 0.3) is 0 Å². The van der Waals surface area contributed by atoms with E-state index in [1.807, 2.05) is 18.2 Å². The molecule has 0 amide bonds. The van der Waals surface area contributed by atoms with E-state index in [0.717, 1.165) is 18.4 Å². The summed E-state index contributed by atoms with van der Waals surface area (Å²) in [5.41, 5.74) is 1.48. The van der Waals surface area contributed by atoms with E-state index in [0.29, 0.717) is 27.9 Å². The van der Waals surface area contributed by atoms with E-state index >= 15 is 0 Å². The topological polar surface area (TPSA) is 63.1 Å². The molecule has 1 aliphatic rings. The van der Waals surface area contributed by atoms with Crippen molar-refractivity contribution in [2.24, 2.45) is 0 Å². The van der Waals surface area contributed by atoms with Crippen LogP contribution in [0, 0.1) is 0 Å². The van der Waals surface area contributed by atoms with Crippen LogP contribution in [0.25, 0.3) is 0 Å². The monoisotopic (exact) mass is 336 g/mol. The van der Waals surface area contributed by atoms with Crippen molar-refractivity contribution in [3.05, 3.63) is 57.6 Å². The summed E-state index contributed by atoms with van der Waals surface area (Å²) in [5.74, 6) is 0.301. The molecular formula is C16H14Cl2N2O2. The van der Waals surface area contributed by atoms with Crippen LogP contribution in [0.2, 0.25) is 10.0 Å². The first-order chi connectivity index (χ1) is 10.5. The molecule has 1 heterocycles. The van der Waals surface area contributed by atoms with Crippen molar-refractivity contribution in [3.63, 3.8) is 0 Å². The number of aliphatic hydroxyl groups is 1. The molecule has 1 aromatic carbocycles. The number of aliphatic hydroxyl groups excluding tert-OH is 1. The predicted molar refractivity (Wildman–Crippen MR) is 84.5 cm³/mol. The van der Waals surface area contributed by atoms with Gasteiger partial charge in [-0.25, -0.2) is 9.97 Å². The third-order valence-corrected chi connectivity index (χ3v) is 4.79. The molecule has 1 aliphatic carbocycles. The second-order valence-corrected chi connectivity index (χ2v) is 6.37. The highest BCUT2D eigenvalue weighted by molar-refractivity contribution is 6.42. The number of Topliss-reactive ketones (excluding diaryl/α,β-unsaturated/α-hetero) is 1. The van der Waals surface area contributed by atoms with Gasteiger partial charge in [0.2, 0.25) is 0 Å². The molecule has 0 bridgehead atoms. The lowest BCUT2D eigenvalue weighted by Gasteiger charge is -2.15. The first-order valence-electron chi connectivity index (χ1n) is 6.95. The Kier molecular flexibility index (Phi) is 4.17. The molecule has 4 nitrogen and oxygen atoms in total. The van der Waals surface area contributed by atoms with Gasteiger partial charge in [-0.2, -0.15) is 0 Å². The minimum Gasteiger partial charge on any atom is -0.388 e. The Morgan fingerprint density at radius 3 is 2.41 bits per heavy atom. The Morgan fingerprint density at radius 2 is 1.86 bits per heavy atom. The van der Waals surface area contributed by atoms with Gasteiger partial charge in [-0.05, 0) is 30.5 Å². The van der Waals surface area contributed by atoms with Crippen LogP contribution in [0.5, 0.6) is 0 Å². The van der Waals surface area contributed by atoms with Crippen molar-refractivity contribution >= 4 is 29.0 Å². The third-order valence-electron chi connectivity index (χ3n) is 4.05. The summed E-state index contributed by atoms with van der Waals surface area (Å²) >= 11 is 12.1. The number of benzene rings is 1. The van der Waals surface area contributed by atoms with Crippen LogP contribution in [-0.2, 0) is 11.8 Å². The van der Waals surface area contributed by atoms with Gasteiger partial charge in [-0.3, -0.25) is 4.79 Å². The Bertz CT molecular complexity index is 713. The van der Waals surface area contributed by atoms with Crippen molar-refractivity contribution in [2.45, 2.75) is 24.7 Å². The first kappa shape index (κ1) is 15.4. The zero-order valence-electron chi connectivity index (χ0n) is 11.7. The molecule has 0 unspecified atom stereocenters. The predicted octanol–water partition coefficient (Wildman–Crippen LogP) is 3.23. The SMILES string of the molecule is O=C(CO)c1cnc(CC2(c3ccc(Cl)c(Cl)c3)CC2)nc1. The summed E-state index contributed by atoms with van der Waals surface area (Å²) in [7, 11) is 0. The molecular weight excluding hydrogens is 323 g/mol. The summed E-state index contributed by atoms with van der Waals surface area (Å²) in [6, 6.07) is 5.70. The number of nitrogens with zero attached hydrogens (tertiary/aromatic N) is 2. The van der Waals surface area contributed by atoms with Crippen LogP contribution in [0.1, 0.15) is 34.6 Å². The maximum Gasteiger partial charge on any atom is 0.191 e. The van der Waals surface area contributed by atoms with Gasteiger partial charge < -0.3 is 5.11 Å². The van der Waals surface area contributed by atoms with Crippen molar-refractivity contribution < 1.29 is 9.90 Å². The van der Waals surface area contributed by atoms with Gasteiger partial charge in [0, 0.05) is 24.2 Å². The largest absolute Gasteiger partial charge is 0.388 e. The highest BCUT2D eigenvalue weighted by Gasteiger charge is 2.45. The molecule has 1 saturated carbocycles. The normalized spacial score (nSPS) is 15.6. The number of rotatable bonds is 5. The van der Waals surface area contributed by atoms with E-state index in [1.54, 1.807) is 0 Å². The lowest BCUT2D eigenvalue weighted by molar-refractivity contribution is 0.0903. The average molecular weight is 337 g/mol. The maximum atomic E-state index is 11.4. The average Bonchev–Trinajstić information content (AvgIpc) is 3.30. The maximum absolute atomic E-state index is 11.4. The molecule has 0 atom stereocenters. The van der Waals surface area contributed by atoms with Gasteiger partial charge in [0.1, 0.15) is 12.4 Å². The van der Waals surface area contributed by atoms with Crippen LogP contribution in [0.3, 0.4) is 0 Å². The van der Waals surface area contributed by atoms with Crippen molar-refractivity contribution in [1.29, 1.82) is 0 Å². The van der Waals surface area contributed by atoms with Crippen LogP contribution in [0.4, 0.5) is 0 Å². The Balaban J connectivity index is 1.80. The number of halogens is 2. The highest BCUT2D eigenvalue weighted by Crippen LogP contribution is 2.51. The fraction of sp³-hybridized carbons (Fsp3) is 0.312. The molecule has 22 heavy (non-hydrogen) atoms. The second kappa shape index (κ2) is 5.95. The molecule has 0 aliphatic heterocycles. The number of ketones is 1. The van der Waals surface area contributed by atoms with Crippen LogP contribution in [0.15, 0.2) is 30.6 Å². The van der Waals surface area contributed by atoms with Crippen LogP contribution >= 0.6 is 23.2 Å². The van der Waals surface area contributed by atoms with Gasteiger partial charge in [-0.15, -0.1) is 0 Å². The molecule has 1 N–H and O–H groups in total. The fourth-order valence-electron chi connectivity index (χ4n) is 2.53. The van der Waals surface area contributed by atoms with Gasteiger partial charge in [0.15, 0.2) is 5.78 Å². The second-order valence-electron chi connectivity index (χ2n) is 5.56. The van der Waals surface area contributed by atoms with E-state index in [4.69, 9.17) is 28.3 Å². The highest BCUT2D eigenvalue weighted by atomic mass is 35.5. The lowest BCUT2D eigenvalue weighted by Crippen LogP contribution is -2.14. The van der Waals surface area contributed by atoms with Crippen molar-refractivity contribution in [1.82, 2.24) is 9.97 Å². The minimum atomic E-state index is -0.532. The van der Waals surface area contributed by atoms with Crippen LogP contribution < -0.4 is 0 Å². The number of hydrogen-bond acceptors (Lipinski definition) is 4. The quantitative estimate of drug-likeness (QED) is 0.851. The van der Waals surface area contributed by atoms with Crippen LogP contribution in [-0.4, -0.2) is 27.5 Å². The van der Waals surface area contributed by atoms with Gasteiger partial charge in [0.05, 0.1) is 15.6 Å². The van der Waals surface area contributed by atoms with Crippen molar-refractivity contribution in [3.8, 4) is 0 Å². The summed E-state index contributed by atoms with van der Waals surface area (Å²) in [6.07, 6.45) is 5.72. The molecule has 1 fully saturated rings. The number of aromatic nitrogens is 2. The molecule has 1 aromatic heterocycles. The zero-order chi connectivity index (χ0) is 15.7. The van der Waals surface area contributed by atoms with E-state index in [2.05, 4.69) is 9.97 Å². The molecule has 6 heteroatoms. The van der Waals surface area contributed by atoms with Gasteiger partial charge in [-0.1, -0.05) is 29.3 Å². The fourth-order valence-corrected chi connectivity index (χ4v) is 2.83. The van der Waals surface area contributed by atoms with Crippen molar-refractivity contribution in [2.75, 3.05) is 6.61 Å². The standard InChI is InChI=1S/C16H14Cl2N2O2/c17-12-2-1-11(5-13(12)18)16(3-4-16)6-15-19-7-10(8-20-15)14(22)9-21/h1-2,5,7-8,21H,3-4,6,9H2. The van der Waals surface area contributed by atoms with E-state index in [9.17, 15) is 4.79 Å². The summed E-state index contributed by atoms with van der Waals surface area (Å²) in [4.78, 5) is 19.8. The summed E-state index contributed by atoms with van der Waals surface area (Å²) in [6.45, 7) is -0.532. The molecule has 0 radical (unpaired) electrons. The minimum absolute atomic E-state index is 0.0106. The molecule has 0 spiro atoms. The Labute approximate surface area is 138 Å². The number of hydrogen-bond donors (Lipinski definition) is 1. The summed E-state index contributed by atoms with van der Waals surface area (Å²) < 4.78 is 0. The number of carbonyl (C=O) groups excluding carboxylic acids is 1. The smallest absolute Gasteiger partial charge is 0.191 e. The van der Waals surface area contributed by atoms with E-state index in [1.165, 1.54) is 12.4 Å². The summed E-state index contributed by atoms with van der Waals surface area (Å²) in [5, 5.41) is 9.92.